The number of pyridine rings is 1. The average molecular weight is 260 g/mol. The molecule has 4 heteroatoms. The van der Waals surface area contributed by atoms with E-state index >= 15 is 0 Å². The minimum absolute atomic E-state index is 0.230. The van der Waals surface area contributed by atoms with Crippen molar-refractivity contribution >= 4 is 5.82 Å². The lowest BCUT2D eigenvalue weighted by Gasteiger charge is -2.24. The first kappa shape index (κ1) is 13.5. The Balaban J connectivity index is 2.15. The molecular weight excluding hydrogens is 243 g/mol. The summed E-state index contributed by atoms with van der Waals surface area (Å²) in [6.45, 7) is 1.67. The fourth-order valence-electron chi connectivity index (χ4n) is 2.13. The largest absolute Gasteiger partial charge is 0.389 e. The second-order valence-electron chi connectivity index (χ2n) is 4.99. The summed E-state index contributed by atoms with van der Waals surface area (Å²) in [5.41, 5.74) is 5.95. The number of hydrogen-bond acceptors (Lipinski definition) is 3. The topological polar surface area (TPSA) is 59.1 Å². The molecule has 1 aromatic heterocycles. The van der Waals surface area contributed by atoms with Crippen molar-refractivity contribution in [1.29, 1.82) is 0 Å². The maximum absolute atomic E-state index is 13.6. The third-order valence-corrected chi connectivity index (χ3v) is 3.03. The van der Waals surface area contributed by atoms with Gasteiger partial charge in [-0.05, 0) is 30.2 Å². The summed E-state index contributed by atoms with van der Waals surface area (Å²) >= 11 is 0. The summed E-state index contributed by atoms with van der Waals surface area (Å²) in [6, 6.07) is 10.0. The molecule has 0 radical (unpaired) electrons. The average Bonchev–Trinajstić information content (AvgIpc) is 2.35. The van der Waals surface area contributed by atoms with E-state index in [1.807, 2.05) is 6.07 Å². The van der Waals surface area contributed by atoms with Crippen molar-refractivity contribution < 1.29 is 9.50 Å². The molecule has 0 aliphatic heterocycles. The molecule has 0 saturated heterocycles. The zero-order valence-corrected chi connectivity index (χ0v) is 10.8. The van der Waals surface area contributed by atoms with Crippen LogP contribution in [0.15, 0.2) is 42.6 Å². The van der Waals surface area contributed by atoms with Crippen LogP contribution >= 0.6 is 0 Å². The molecule has 3 nitrogen and oxygen atoms in total. The fourth-order valence-corrected chi connectivity index (χ4v) is 2.13. The van der Waals surface area contributed by atoms with Crippen LogP contribution < -0.4 is 5.73 Å². The van der Waals surface area contributed by atoms with Crippen molar-refractivity contribution in [2.45, 2.75) is 25.4 Å². The molecule has 0 amide bonds. The van der Waals surface area contributed by atoms with E-state index in [0.717, 1.165) is 5.56 Å². The number of hydrogen-bond donors (Lipinski definition) is 2. The monoisotopic (exact) mass is 260 g/mol. The summed E-state index contributed by atoms with van der Waals surface area (Å²) in [4.78, 5) is 3.98. The Morgan fingerprint density at radius 2 is 1.79 bits per heavy atom. The Bertz CT molecular complexity index is 520. The van der Waals surface area contributed by atoms with Gasteiger partial charge < -0.3 is 10.8 Å². The Morgan fingerprint density at radius 3 is 2.47 bits per heavy atom. The minimum Gasteiger partial charge on any atom is -0.389 e. The molecular formula is C15H17FN2O. The number of nitrogens with two attached hydrogens (primary N) is 1. The van der Waals surface area contributed by atoms with E-state index in [0.29, 0.717) is 17.8 Å². The summed E-state index contributed by atoms with van der Waals surface area (Å²) < 4.78 is 13.6. The third-order valence-electron chi connectivity index (χ3n) is 3.03. The Kier molecular flexibility index (Phi) is 3.81. The highest BCUT2D eigenvalue weighted by Gasteiger charge is 2.24. The zero-order chi connectivity index (χ0) is 13.9. The van der Waals surface area contributed by atoms with E-state index in [4.69, 9.17) is 5.73 Å². The van der Waals surface area contributed by atoms with Gasteiger partial charge in [-0.15, -0.1) is 0 Å². The van der Waals surface area contributed by atoms with Crippen LogP contribution in [-0.4, -0.2) is 15.7 Å². The standard InChI is InChI=1S/C15H17FN2O/c1-15(19,9-11-5-2-3-7-13(11)16)10-12-6-4-8-18-14(12)17/h2-8,19H,9-10H2,1H3,(H2,17,18). The van der Waals surface area contributed by atoms with Crippen molar-refractivity contribution in [2.24, 2.45) is 0 Å². The molecule has 0 spiro atoms. The molecule has 1 heterocycles. The second-order valence-corrected chi connectivity index (χ2v) is 4.99. The van der Waals surface area contributed by atoms with Gasteiger partial charge >= 0.3 is 0 Å². The number of anilines is 1. The van der Waals surface area contributed by atoms with Crippen molar-refractivity contribution in [3.63, 3.8) is 0 Å². The summed E-state index contributed by atoms with van der Waals surface area (Å²) in [6.07, 6.45) is 2.17. The van der Waals surface area contributed by atoms with Crippen molar-refractivity contribution in [2.75, 3.05) is 5.73 Å². The number of aromatic nitrogens is 1. The Labute approximate surface area is 111 Å². The SMILES string of the molecule is CC(O)(Cc1ccccc1F)Cc1cccnc1N. The normalized spacial score (nSPS) is 14.1. The van der Waals surface area contributed by atoms with Gasteiger partial charge in [0.05, 0.1) is 5.60 Å². The lowest BCUT2D eigenvalue weighted by Crippen LogP contribution is -2.31. The molecule has 1 aromatic carbocycles. The summed E-state index contributed by atoms with van der Waals surface area (Å²) in [5.74, 6) is 0.0956. The summed E-state index contributed by atoms with van der Waals surface area (Å²) in [5, 5.41) is 10.4. The molecule has 0 aliphatic carbocycles. The smallest absolute Gasteiger partial charge is 0.126 e. The molecule has 0 aliphatic rings. The molecule has 0 fully saturated rings. The molecule has 1 atom stereocenters. The van der Waals surface area contributed by atoms with Crippen LogP contribution in [0.1, 0.15) is 18.1 Å². The molecule has 2 rings (SSSR count). The van der Waals surface area contributed by atoms with Gasteiger partial charge in [0, 0.05) is 19.0 Å². The molecule has 0 saturated carbocycles. The van der Waals surface area contributed by atoms with E-state index < -0.39 is 5.60 Å². The van der Waals surface area contributed by atoms with E-state index in [9.17, 15) is 9.50 Å². The van der Waals surface area contributed by atoms with Crippen molar-refractivity contribution in [1.82, 2.24) is 4.98 Å². The van der Waals surface area contributed by atoms with Crippen LogP contribution in [0.25, 0.3) is 0 Å². The van der Waals surface area contributed by atoms with Gasteiger partial charge in [-0.25, -0.2) is 9.37 Å². The van der Waals surface area contributed by atoms with Gasteiger partial charge in [0.15, 0.2) is 0 Å². The third kappa shape index (κ3) is 3.51. The maximum Gasteiger partial charge on any atom is 0.126 e. The first-order valence-electron chi connectivity index (χ1n) is 6.13. The molecule has 3 N–H and O–H groups in total. The molecule has 0 bridgehead atoms. The van der Waals surface area contributed by atoms with Crippen LogP contribution in [-0.2, 0) is 12.8 Å². The first-order chi connectivity index (χ1) is 8.98. The van der Waals surface area contributed by atoms with E-state index in [1.54, 1.807) is 37.4 Å². The van der Waals surface area contributed by atoms with Gasteiger partial charge in [0.2, 0.25) is 0 Å². The van der Waals surface area contributed by atoms with Crippen molar-refractivity contribution in [3.05, 3.63) is 59.5 Å². The van der Waals surface area contributed by atoms with Crippen LogP contribution in [0.2, 0.25) is 0 Å². The summed E-state index contributed by atoms with van der Waals surface area (Å²) in [7, 11) is 0. The van der Waals surface area contributed by atoms with Crippen LogP contribution in [0.5, 0.6) is 0 Å². The zero-order valence-electron chi connectivity index (χ0n) is 10.8. The van der Waals surface area contributed by atoms with E-state index in [1.165, 1.54) is 6.07 Å². The number of rotatable bonds is 4. The predicted molar refractivity (Wildman–Crippen MR) is 73.1 cm³/mol. The molecule has 1 unspecified atom stereocenters. The van der Waals surface area contributed by atoms with Gasteiger partial charge in [0.25, 0.3) is 0 Å². The van der Waals surface area contributed by atoms with Gasteiger partial charge in [-0.1, -0.05) is 24.3 Å². The number of aliphatic hydroxyl groups is 1. The van der Waals surface area contributed by atoms with Crippen LogP contribution in [0.4, 0.5) is 10.2 Å². The molecule has 100 valence electrons. The quantitative estimate of drug-likeness (QED) is 0.887. The number of benzene rings is 1. The highest BCUT2D eigenvalue weighted by Crippen LogP contribution is 2.22. The number of halogens is 1. The first-order valence-corrected chi connectivity index (χ1v) is 6.13. The highest BCUT2D eigenvalue weighted by atomic mass is 19.1. The van der Waals surface area contributed by atoms with Gasteiger partial charge in [0.1, 0.15) is 11.6 Å². The molecule has 19 heavy (non-hydrogen) atoms. The minimum atomic E-state index is -1.07. The van der Waals surface area contributed by atoms with E-state index in [-0.39, 0.29) is 12.2 Å². The number of nitrogens with zero attached hydrogens (tertiary/aromatic N) is 1. The second kappa shape index (κ2) is 5.36. The lowest BCUT2D eigenvalue weighted by atomic mass is 9.90. The Hall–Kier alpha value is -1.94. The van der Waals surface area contributed by atoms with Gasteiger partial charge in [-0.2, -0.15) is 0 Å². The van der Waals surface area contributed by atoms with E-state index in [2.05, 4.69) is 4.98 Å². The predicted octanol–water partition coefficient (Wildman–Crippen LogP) is 2.34. The lowest BCUT2D eigenvalue weighted by molar-refractivity contribution is 0.0600. The van der Waals surface area contributed by atoms with Gasteiger partial charge in [-0.3, -0.25) is 0 Å². The molecule has 2 aromatic rings. The Morgan fingerprint density at radius 1 is 1.16 bits per heavy atom. The van der Waals surface area contributed by atoms with Crippen molar-refractivity contribution in [3.8, 4) is 0 Å². The van der Waals surface area contributed by atoms with Crippen LogP contribution in [0.3, 0.4) is 0 Å². The fraction of sp³-hybridized carbons (Fsp3) is 0.267. The number of nitrogen functional groups attached to an aromatic ring is 1. The maximum atomic E-state index is 13.6. The van der Waals surface area contributed by atoms with Crippen LogP contribution in [0, 0.1) is 5.82 Å². The highest BCUT2D eigenvalue weighted by molar-refractivity contribution is 5.39.